The van der Waals surface area contributed by atoms with Crippen LogP contribution < -0.4 is 11.1 Å². The number of hydrogen-bond donors (Lipinski definition) is 2. The molecule has 18 heavy (non-hydrogen) atoms. The van der Waals surface area contributed by atoms with Gasteiger partial charge in [0.25, 0.3) is 0 Å². The molecule has 2 atom stereocenters. The molecule has 2 rings (SSSR count). The summed E-state index contributed by atoms with van der Waals surface area (Å²) in [5.74, 6) is 0. The quantitative estimate of drug-likeness (QED) is 0.822. The van der Waals surface area contributed by atoms with Gasteiger partial charge < -0.3 is 16.0 Å². The number of amides is 2. The van der Waals surface area contributed by atoms with Gasteiger partial charge in [-0.1, -0.05) is 17.7 Å². The predicted molar refractivity (Wildman–Crippen MR) is 74.0 cm³/mol. The number of rotatable bonds is 1. The molecule has 1 aromatic rings. The smallest absolute Gasteiger partial charge is 0.322 e. The van der Waals surface area contributed by atoms with E-state index in [1.807, 2.05) is 26.0 Å². The Bertz CT molecular complexity index is 464. The Labute approximate surface area is 112 Å². The summed E-state index contributed by atoms with van der Waals surface area (Å²) in [6, 6.07) is 5.52. The van der Waals surface area contributed by atoms with Crippen LogP contribution >= 0.6 is 11.6 Å². The molecule has 0 aromatic heterocycles. The van der Waals surface area contributed by atoms with Gasteiger partial charge in [0.1, 0.15) is 0 Å². The summed E-state index contributed by atoms with van der Waals surface area (Å²) in [7, 11) is 0. The molecule has 2 unspecified atom stereocenters. The number of halogens is 1. The van der Waals surface area contributed by atoms with E-state index in [0.29, 0.717) is 17.3 Å². The number of urea groups is 1. The third-order valence-corrected chi connectivity index (χ3v) is 3.91. The zero-order valence-corrected chi connectivity index (χ0v) is 11.4. The summed E-state index contributed by atoms with van der Waals surface area (Å²) in [5.41, 5.74) is 7.60. The van der Waals surface area contributed by atoms with Gasteiger partial charge in [0.15, 0.2) is 0 Å². The second-order valence-corrected chi connectivity index (χ2v) is 5.19. The molecule has 4 nitrogen and oxygen atoms in total. The molecule has 0 radical (unpaired) electrons. The molecule has 0 bridgehead atoms. The Morgan fingerprint density at radius 3 is 2.83 bits per heavy atom. The highest BCUT2D eigenvalue weighted by atomic mass is 35.5. The van der Waals surface area contributed by atoms with Crippen LogP contribution in [0.25, 0.3) is 0 Å². The lowest BCUT2D eigenvalue weighted by atomic mass is 10.2. The second-order valence-electron chi connectivity index (χ2n) is 4.78. The Kier molecular flexibility index (Phi) is 3.78. The van der Waals surface area contributed by atoms with Crippen LogP contribution in [0, 0.1) is 6.92 Å². The Balaban J connectivity index is 2.05. The maximum Gasteiger partial charge on any atom is 0.322 e. The first-order valence-corrected chi connectivity index (χ1v) is 6.46. The number of anilines is 1. The lowest BCUT2D eigenvalue weighted by molar-refractivity contribution is 0.208. The van der Waals surface area contributed by atoms with E-state index in [1.165, 1.54) is 0 Å². The molecule has 0 saturated carbocycles. The van der Waals surface area contributed by atoms with Crippen molar-refractivity contribution in [1.82, 2.24) is 4.90 Å². The van der Waals surface area contributed by atoms with Crippen molar-refractivity contribution in [3.63, 3.8) is 0 Å². The average Bonchev–Trinajstić information content (AvgIpc) is 2.65. The van der Waals surface area contributed by atoms with E-state index in [0.717, 1.165) is 12.0 Å². The summed E-state index contributed by atoms with van der Waals surface area (Å²) in [6.07, 6.45) is 0.850. The molecule has 1 aliphatic rings. The molecule has 1 heterocycles. The monoisotopic (exact) mass is 267 g/mol. The minimum absolute atomic E-state index is 0.0670. The van der Waals surface area contributed by atoms with E-state index in [2.05, 4.69) is 5.32 Å². The molecule has 1 aliphatic heterocycles. The minimum atomic E-state index is -0.115. The van der Waals surface area contributed by atoms with Crippen molar-refractivity contribution < 1.29 is 4.79 Å². The standard InChI is InChI=1S/C13H18ClN3O/c1-8-3-4-10(7-11(8)14)16-13(18)17-6-5-12(15)9(17)2/h3-4,7,9,12H,5-6,15H2,1-2H3,(H,16,18). The van der Waals surface area contributed by atoms with Gasteiger partial charge in [0, 0.05) is 29.3 Å². The lowest BCUT2D eigenvalue weighted by Crippen LogP contribution is -2.42. The number of nitrogens with zero attached hydrogens (tertiary/aromatic N) is 1. The van der Waals surface area contributed by atoms with Crippen LogP contribution in [0.3, 0.4) is 0 Å². The molecule has 5 heteroatoms. The van der Waals surface area contributed by atoms with Crippen molar-refractivity contribution in [3.8, 4) is 0 Å². The number of carbonyl (C=O) groups excluding carboxylic acids is 1. The number of carbonyl (C=O) groups is 1. The third-order valence-electron chi connectivity index (χ3n) is 3.50. The second kappa shape index (κ2) is 5.16. The summed E-state index contributed by atoms with van der Waals surface area (Å²) >= 11 is 6.02. The number of hydrogen-bond acceptors (Lipinski definition) is 2. The molecule has 3 N–H and O–H groups in total. The van der Waals surface area contributed by atoms with Crippen LogP contribution in [0.5, 0.6) is 0 Å². The molecular weight excluding hydrogens is 250 g/mol. The van der Waals surface area contributed by atoms with Gasteiger partial charge in [-0.05, 0) is 38.0 Å². The van der Waals surface area contributed by atoms with Crippen molar-refractivity contribution in [1.29, 1.82) is 0 Å². The first-order valence-electron chi connectivity index (χ1n) is 6.08. The van der Waals surface area contributed by atoms with E-state index < -0.39 is 0 Å². The van der Waals surface area contributed by atoms with Crippen LogP contribution in [-0.2, 0) is 0 Å². The number of nitrogens with one attached hydrogen (secondary N) is 1. The highest BCUT2D eigenvalue weighted by Crippen LogP contribution is 2.22. The Morgan fingerprint density at radius 2 is 2.28 bits per heavy atom. The van der Waals surface area contributed by atoms with Crippen molar-refractivity contribution in [2.75, 3.05) is 11.9 Å². The van der Waals surface area contributed by atoms with Gasteiger partial charge in [0.2, 0.25) is 0 Å². The number of likely N-dealkylation sites (tertiary alicyclic amines) is 1. The molecule has 2 amide bonds. The molecular formula is C13H18ClN3O. The first-order chi connectivity index (χ1) is 8.49. The van der Waals surface area contributed by atoms with Gasteiger partial charge >= 0.3 is 6.03 Å². The molecule has 98 valence electrons. The topological polar surface area (TPSA) is 58.4 Å². The molecule has 1 aromatic carbocycles. The minimum Gasteiger partial charge on any atom is -0.326 e. The molecule has 1 saturated heterocycles. The first kappa shape index (κ1) is 13.2. The molecule has 0 spiro atoms. The van der Waals surface area contributed by atoms with Crippen LogP contribution in [0.15, 0.2) is 18.2 Å². The zero-order valence-electron chi connectivity index (χ0n) is 10.6. The highest BCUT2D eigenvalue weighted by Gasteiger charge is 2.31. The summed E-state index contributed by atoms with van der Waals surface area (Å²) in [5, 5.41) is 3.50. The fourth-order valence-electron chi connectivity index (χ4n) is 2.12. The van der Waals surface area contributed by atoms with Gasteiger partial charge in [-0.25, -0.2) is 4.79 Å². The molecule has 1 fully saturated rings. The van der Waals surface area contributed by atoms with Gasteiger partial charge in [-0.15, -0.1) is 0 Å². The normalized spacial score (nSPS) is 23.2. The fraction of sp³-hybridized carbons (Fsp3) is 0.462. The maximum atomic E-state index is 12.1. The third kappa shape index (κ3) is 2.60. The predicted octanol–water partition coefficient (Wildman–Crippen LogP) is 2.60. The largest absolute Gasteiger partial charge is 0.326 e. The van der Waals surface area contributed by atoms with Crippen LogP contribution in [0.2, 0.25) is 5.02 Å². The SMILES string of the molecule is Cc1ccc(NC(=O)N2CCC(N)C2C)cc1Cl. The zero-order chi connectivity index (χ0) is 13.3. The molecule has 0 aliphatic carbocycles. The van der Waals surface area contributed by atoms with E-state index in [-0.39, 0.29) is 18.1 Å². The van der Waals surface area contributed by atoms with Crippen molar-refractivity contribution >= 4 is 23.3 Å². The fourth-order valence-corrected chi connectivity index (χ4v) is 2.30. The van der Waals surface area contributed by atoms with Crippen molar-refractivity contribution in [3.05, 3.63) is 28.8 Å². The van der Waals surface area contributed by atoms with E-state index in [4.69, 9.17) is 17.3 Å². The van der Waals surface area contributed by atoms with Gasteiger partial charge in [0.05, 0.1) is 0 Å². The summed E-state index contributed by atoms with van der Waals surface area (Å²) in [6.45, 7) is 4.60. The number of aryl methyl sites for hydroxylation is 1. The number of benzene rings is 1. The van der Waals surface area contributed by atoms with Crippen molar-refractivity contribution in [2.45, 2.75) is 32.4 Å². The van der Waals surface area contributed by atoms with E-state index in [1.54, 1.807) is 11.0 Å². The maximum absolute atomic E-state index is 12.1. The summed E-state index contributed by atoms with van der Waals surface area (Å²) in [4.78, 5) is 13.8. The van der Waals surface area contributed by atoms with Gasteiger partial charge in [-0.2, -0.15) is 0 Å². The van der Waals surface area contributed by atoms with Crippen LogP contribution in [-0.4, -0.2) is 29.6 Å². The van der Waals surface area contributed by atoms with E-state index >= 15 is 0 Å². The Morgan fingerprint density at radius 1 is 1.56 bits per heavy atom. The summed E-state index contributed by atoms with van der Waals surface area (Å²) < 4.78 is 0. The van der Waals surface area contributed by atoms with Crippen LogP contribution in [0.1, 0.15) is 18.9 Å². The number of nitrogens with two attached hydrogens (primary N) is 1. The van der Waals surface area contributed by atoms with E-state index in [9.17, 15) is 4.79 Å². The van der Waals surface area contributed by atoms with Gasteiger partial charge in [-0.3, -0.25) is 0 Å². The lowest BCUT2D eigenvalue weighted by Gasteiger charge is -2.23. The van der Waals surface area contributed by atoms with Crippen molar-refractivity contribution in [2.24, 2.45) is 5.73 Å². The van der Waals surface area contributed by atoms with Crippen LogP contribution in [0.4, 0.5) is 10.5 Å². The highest BCUT2D eigenvalue weighted by molar-refractivity contribution is 6.31. The Hall–Kier alpha value is -1.26. The average molecular weight is 268 g/mol.